The third kappa shape index (κ3) is 4.29. The van der Waals surface area contributed by atoms with Crippen LogP contribution in [0.1, 0.15) is 66.8 Å². The Balaban J connectivity index is 0.00000259. The maximum absolute atomic E-state index is 10.3. The summed E-state index contributed by atoms with van der Waals surface area (Å²) in [6.07, 6.45) is 2.66. The van der Waals surface area contributed by atoms with Crippen LogP contribution in [0.15, 0.2) is 48.2 Å². The predicted octanol–water partition coefficient (Wildman–Crippen LogP) is 1.11. The zero-order valence-corrected chi connectivity index (χ0v) is 19.1. The number of nitriles is 1. The van der Waals surface area contributed by atoms with Gasteiger partial charge in [-0.1, -0.05) is 31.2 Å². The van der Waals surface area contributed by atoms with Crippen LogP contribution >= 0.6 is 0 Å². The normalized spacial score (nSPS) is 23.9. The van der Waals surface area contributed by atoms with Crippen molar-refractivity contribution in [1.29, 1.82) is 5.26 Å². The smallest absolute Gasteiger partial charge is 0.504 e. The van der Waals surface area contributed by atoms with E-state index in [4.69, 9.17) is 11.3 Å². The van der Waals surface area contributed by atoms with Crippen LogP contribution in [0.25, 0.3) is 5.41 Å². The van der Waals surface area contributed by atoms with Crippen LogP contribution in [-0.2, 0) is 4.74 Å². The zero-order valence-electron chi connectivity index (χ0n) is 19.1. The molecule has 2 aromatic carbocycles. The van der Waals surface area contributed by atoms with Crippen molar-refractivity contribution in [3.63, 3.8) is 0 Å². The molecule has 3 atom stereocenters. The van der Waals surface area contributed by atoms with Gasteiger partial charge in [-0.15, -0.1) is 0 Å². The molecule has 2 aliphatic heterocycles. The van der Waals surface area contributed by atoms with E-state index in [2.05, 4.69) is 53.5 Å². The molecule has 2 N–H and O–H groups in total. The fourth-order valence-electron chi connectivity index (χ4n) is 5.06. The molecule has 33 heavy (non-hydrogen) atoms. The molecule has 1 aliphatic carbocycles. The molecule has 2 heterocycles. The van der Waals surface area contributed by atoms with Crippen LogP contribution in [0, 0.1) is 17.9 Å². The summed E-state index contributed by atoms with van der Waals surface area (Å²) in [6, 6.07) is 16.5. The third-order valence-electron chi connectivity index (χ3n) is 7.07. The van der Waals surface area contributed by atoms with Gasteiger partial charge >= 0.3 is 18.9 Å². The average molecular weight is 433 g/mol. The fourth-order valence-corrected chi connectivity index (χ4v) is 5.06. The first-order valence-corrected chi connectivity index (χ1v) is 11.1. The molecule has 0 amide bonds. The predicted molar refractivity (Wildman–Crippen MR) is 123 cm³/mol. The number of amidine groups is 1. The van der Waals surface area contributed by atoms with Crippen LogP contribution in [0.4, 0.5) is 5.69 Å². The van der Waals surface area contributed by atoms with E-state index in [1.165, 1.54) is 16.7 Å². The first kappa shape index (κ1) is 23.5. The summed E-state index contributed by atoms with van der Waals surface area (Å²) in [7, 11) is 0. The average Bonchev–Trinajstić information content (AvgIpc) is 3.57. The van der Waals surface area contributed by atoms with Crippen molar-refractivity contribution in [1.82, 2.24) is 5.32 Å². The van der Waals surface area contributed by atoms with Crippen LogP contribution in [-0.4, -0.2) is 29.3 Å². The van der Waals surface area contributed by atoms with E-state index >= 15 is 0 Å². The quantitative estimate of drug-likeness (QED) is 0.249. The molecule has 0 aromatic heterocycles. The number of hydrogen-bond acceptors (Lipinski definition) is 4. The topological polar surface area (TPSA) is 90.8 Å². The standard InChI is InChI=1S/C26H26N4O2.Li/c1-16-20-5-3-4-6-21(20)24-14-19(29-25(28)32-17(2)26(31)10-11-26)9-12-30(24)23-8-7-18(15-27)13-22(16)23;/h2-8,13,16,19,24,31H,9-12,14H2,1H3,(H-,28,29);/q-2;+1/t16-,19?,24-;/m0./s1. The zero-order chi connectivity index (χ0) is 22.5. The number of benzene rings is 2. The van der Waals surface area contributed by atoms with Gasteiger partial charge < -0.3 is 32.0 Å². The van der Waals surface area contributed by atoms with Gasteiger partial charge in [0.15, 0.2) is 0 Å². The van der Waals surface area contributed by atoms with Gasteiger partial charge in [0.25, 0.3) is 0 Å². The third-order valence-corrected chi connectivity index (χ3v) is 7.07. The molecular weight excluding hydrogens is 407 g/mol. The Bertz CT molecular complexity index is 1140. The summed E-state index contributed by atoms with van der Waals surface area (Å²) in [5.41, 5.74) is 4.42. The molecule has 6 nitrogen and oxygen atoms in total. The number of hydrogen-bond donors (Lipinski definition) is 2. The first-order valence-electron chi connectivity index (χ1n) is 11.1. The first-order chi connectivity index (χ1) is 15.4. The SMILES string of the molecule is [CH-]=C(OC(=[N-])NC1CCN2c3ccc(C#N)cc3[C@@H](C)c3ccccc3[C@@H]2C1)C1(O)CC1.[Li+]. The van der Waals surface area contributed by atoms with Crippen molar-refractivity contribution in [3.8, 4) is 6.07 Å². The van der Waals surface area contributed by atoms with E-state index < -0.39 is 5.60 Å². The maximum Gasteiger partial charge on any atom is 1.00 e. The minimum atomic E-state index is -1.11. The van der Waals surface area contributed by atoms with Crippen LogP contribution in [0.5, 0.6) is 0 Å². The number of aliphatic hydroxyl groups is 1. The van der Waals surface area contributed by atoms with E-state index in [0.717, 1.165) is 25.1 Å². The van der Waals surface area contributed by atoms with Crippen molar-refractivity contribution >= 4 is 11.7 Å². The van der Waals surface area contributed by atoms with Gasteiger partial charge in [-0.05, 0) is 72.4 Å². The van der Waals surface area contributed by atoms with Gasteiger partial charge in [-0.3, -0.25) is 0 Å². The Morgan fingerprint density at radius 3 is 2.67 bits per heavy atom. The minimum Gasteiger partial charge on any atom is -0.504 e. The molecule has 0 radical (unpaired) electrons. The van der Waals surface area contributed by atoms with E-state index in [-0.39, 0.29) is 48.6 Å². The second-order valence-corrected chi connectivity index (χ2v) is 9.11. The van der Waals surface area contributed by atoms with Gasteiger partial charge in [0.1, 0.15) is 0 Å². The number of anilines is 1. The molecule has 5 rings (SSSR count). The van der Waals surface area contributed by atoms with Crippen LogP contribution < -0.4 is 29.1 Å². The second-order valence-electron chi connectivity index (χ2n) is 9.11. The van der Waals surface area contributed by atoms with Crippen LogP contribution in [0.3, 0.4) is 0 Å². The number of nitrogens with zero attached hydrogens (tertiary/aromatic N) is 3. The van der Waals surface area contributed by atoms with Gasteiger partial charge in [0.05, 0.1) is 29.3 Å². The molecule has 164 valence electrons. The van der Waals surface area contributed by atoms with Gasteiger partial charge in [-0.2, -0.15) is 5.26 Å². The summed E-state index contributed by atoms with van der Waals surface area (Å²) >= 11 is 0. The molecule has 1 unspecified atom stereocenters. The molecule has 0 bridgehead atoms. The monoisotopic (exact) mass is 433 g/mol. The minimum absolute atomic E-state index is 0. The largest absolute Gasteiger partial charge is 1.00 e. The molecule has 0 spiro atoms. The maximum atomic E-state index is 10.3. The molecule has 3 aliphatic rings. The fraction of sp³-hybridized carbons (Fsp3) is 0.385. The van der Waals surface area contributed by atoms with Crippen molar-refractivity contribution < 1.29 is 28.7 Å². The van der Waals surface area contributed by atoms with E-state index in [0.29, 0.717) is 18.4 Å². The molecule has 1 saturated carbocycles. The molecule has 1 saturated heterocycles. The Kier molecular flexibility index (Phi) is 6.34. The van der Waals surface area contributed by atoms with E-state index in [9.17, 15) is 15.8 Å². The van der Waals surface area contributed by atoms with Crippen molar-refractivity contribution in [3.05, 3.63) is 82.5 Å². The summed E-state index contributed by atoms with van der Waals surface area (Å²) in [4.78, 5) is 2.42. The second kappa shape index (κ2) is 8.92. The molecule has 7 heteroatoms. The number of ether oxygens (including phenoxy) is 1. The molecule has 2 fully saturated rings. The van der Waals surface area contributed by atoms with Crippen LogP contribution in [0.2, 0.25) is 0 Å². The van der Waals surface area contributed by atoms with E-state index in [1.54, 1.807) is 0 Å². The Morgan fingerprint density at radius 2 is 1.97 bits per heavy atom. The number of nitrogens with one attached hydrogen (secondary N) is 1. The van der Waals surface area contributed by atoms with Crippen molar-refractivity contribution in [2.75, 3.05) is 11.4 Å². The molecular formula is C26H26LiN4O2-. The number of rotatable bonds is 3. The summed E-state index contributed by atoms with van der Waals surface area (Å²) < 4.78 is 5.27. The Morgan fingerprint density at radius 1 is 1.24 bits per heavy atom. The van der Waals surface area contributed by atoms with Crippen molar-refractivity contribution in [2.45, 2.75) is 56.2 Å². The molecule has 2 aromatic rings. The summed E-state index contributed by atoms with van der Waals surface area (Å²) in [5, 5.41) is 32.8. The van der Waals surface area contributed by atoms with Crippen molar-refractivity contribution in [2.24, 2.45) is 0 Å². The summed E-state index contributed by atoms with van der Waals surface area (Å²) in [5.74, 6) is 0.110. The number of piperidine rings is 1. The van der Waals surface area contributed by atoms with E-state index in [1.807, 2.05) is 12.1 Å². The number of fused-ring (bicyclic) bond motifs is 5. The van der Waals surface area contributed by atoms with Gasteiger partial charge in [0, 0.05) is 18.2 Å². The summed E-state index contributed by atoms with van der Waals surface area (Å²) in [6.45, 7) is 8.78. The van der Waals surface area contributed by atoms with Gasteiger partial charge in [0.2, 0.25) is 0 Å². The Hall–Kier alpha value is -2.70. The Labute approximate surface area is 206 Å². The van der Waals surface area contributed by atoms with Gasteiger partial charge in [-0.25, -0.2) is 0 Å².